The zero-order valence-electron chi connectivity index (χ0n) is 11.8. The summed E-state index contributed by atoms with van der Waals surface area (Å²) in [6, 6.07) is 3.98. The van der Waals surface area contributed by atoms with Crippen molar-refractivity contribution in [3.05, 3.63) is 17.7 Å². The van der Waals surface area contributed by atoms with Gasteiger partial charge in [-0.2, -0.15) is 0 Å². The van der Waals surface area contributed by atoms with E-state index >= 15 is 0 Å². The molecule has 1 aromatic carbocycles. The molecule has 0 aliphatic carbocycles. The Morgan fingerprint density at radius 3 is 1.65 bits per heavy atom. The van der Waals surface area contributed by atoms with Gasteiger partial charge in [0, 0.05) is 0 Å². The van der Waals surface area contributed by atoms with Crippen LogP contribution in [0.5, 0.6) is 17.2 Å². The van der Waals surface area contributed by atoms with Crippen molar-refractivity contribution in [1.82, 2.24) is 0 Å². The Hall–Kier alpha value is -1.38. The Balaban J connectivity index is 0.00000121. The Kier molecular flexibility index (Phi) is 8.03. The van der Waals surface area contributed by atoms with Crippen LogP contribution in [0.4, 0.5) is 0 Å². The molecular weight excluding hydrogens is 216 g/mol. The van der Waals surface area contributed by atoms with Crippen molar-refractivity contribution >= 4 is 0 Å². The number of hydrogen-bond donors (Lipinski definition) is 0. The summed E-state index contributed by atoms with van der Waals surface area (Å²) in [5.41, 5.74) is 1.20. The van der Waals surface area contributed by atoms with E-state index in [2.05, 4.69) is 6.92 Å². The van der Waals surface area contributed by atoms with Crippen molar-refractivity contribution in [2.45, 2.75) is 33.6 Å². The summed E-state index contributed by atoms with van der Waals surface area (Å²) in [5, 5.41) is 0. The fourth-order valence-electron chi connectivity index (χ4n) is 1.57. The normalized spacial score (nSPS) is 9.06. The van der Waals surface area contributed by atoms with Crippen LogP contribution in [0.2, 0.25) is 0 Å². The van der Waals surface area contributed by atoms with Gasteiger partial charge in [0.15, 0.2) is 11.5 Å². The third-order valence-corrected chi connectivity index (χ3v) is 2.26. The number of benzene rings is 1. The molecule has 0 unspecified atom stereocenters. The van der Waals surface area contributed by atoms with Crippen molar-refractivity contribution in [2.75, 3.05) is 21.3 Å². The molecule has 0 aliphatic rings. The summed E-state index contributed by atoms with van der Waals surface area (Å²) in [5.74, 6) is 2.10. The predicted octanol–water partition coefficient (Wildman–Crippen LogP) is 3.69. The number of hydrogen-bond acceptors (Lipinski definition) is 3. The van der Waals surface area contributed by atoms with Gasteiger partial charge in [0.05, 0.1) is 21.3 Å². The highest BCUT2D eigenvalue weighted by molar-refractivity contribution is 5.53. The van der Waals surface area contributed by atoms with Crippen LogP contribution in [0.1, 0.15) is 32.8 Å². The molecule has 1 aromatic rings. The Morgan fingerprint density at radius 2 is 1.35 bits per heavy atom. The highest BCUT2D eigenvalue weighted by Crippen LogP contribution is 2.38. The van der Waals surface area contributed by atoms with Gasteiger partial charge in [-0.05, 0) is 24.1 Å². The highest BCUT2D eigenvalue weighted by atomic mass is 16.5. The molecule has 0 atom stereocenters. The number of aryl methyl sites for hydroxylation is 1. The van der Waals surface area contributed by atoms with Gasteiger partial charge in [-0.3, -0.25) is 0 Å². The van der Waals surface area contributed by atoms with Crippen LogP contribution in [-0.4, -0.2) is 21.3 Å². The van der Waals surface area contributed by atoms with Crippen LogP contribution in [0.25, 0.3) is 0 Å². The van der Waals surface area contributed by atoms with Gasteiger partial charge in [0.1, 0.15) is 0 Å². The first-order valence-electron chi connectivity index (χ1n) is 6.05. The monoisotopic (exact) mass is 240 g/mol. The summed E-state index contributed by atoms with van der Waals surface area (Å²) < 4.78 is 15.8. The molecule has 98 valence electrons. The van der Waals surface area contributed by atoms with Gasteiger partial charge in [0.2, 0.25) is 5.75 Å². The van der Waals surface area contributed by atoms with Crippen LogP contribution >= 0.6 is 0 Å². The van der Waals surface area contributed by atoms with Crippen LogP contribution in [0.3, 0.4) is 0 Å². The molecule has 0 saturated heterocycles. The summed E-state index contributed by atoms with van der Waals surface area (Å²) in [4.78, 5) is 0. The highest BCUT2D eigenvalue weighted by Gasteiger charge is 2.12. The molecule has 17 heavy (non-hydrogen) atoms. The van der Waals surface area contributed by atoms with Crippen molar-refractivity contribution in [3.63, 3.8) is 0 Å². The molecule has 0 amide bonds. The van der Waals surface area contributed by atoms with E-state index in [0.717, 1.165) is 24.3 Å². The third kappa shape index (κ3) is 4.17. The van der Waals surface area contributed by atoms with Crippen LogP contribution < -0.4 is 14.2 Å². The third-order valence-electron chi connectivity index (χ3n) is 2.26. The zero-order chi connectivity index (χ0) is 13.3. The predicted molar refractivity (Wildman–Crippen MR) is 71.4 cm³/mol. The minimum Gasteiger partial charge on any atom is -0.493 e. The molecule has 0 heterocycles. The number of rotatable bonds is 5. The lowest BCUT2D eigenvalue weighted by Gasteiger charge is -2.13. The largest absolute Gasteiger partial charge is 0.493 e. The Morgan fingerprint density at radius 1 is 0.882 bits per heavy atom. The van der Waals surface area contributed by atoms with Crippen molar-refractivity contribution in [3.8, 4) is 17.2 Å². The molecule has 0 radical (unpaired) electrons. The molecule has 0 aliphatic heterocycles. The minimum absolute atomic E-state index is 0.653. The fourth-order valence-corrected chi connectivity index (χ4v) is 1.57. The SMILES string of the molecule is CC.CCCc1cc(OC)c(OC)c(OC)c1. The van der Waals surface area contributed by atoms with Gasteiger partial charge in [-0.25, -0.2) is 0 Å². The molecule has 3 nitrogen and oxygen atoms in total. The second-order valence-corrected chi connectivity index (χ2v) is 3.28. The lowest BCUT2D eigenvalue weighted by atomic mass is 10.1. The molecule has 0 saturated carbocycles. The van der Waals surface area contributed by atoms with Crippen molar-refractivity contribution < 1.29 is 14.2 Å². The van der Waals surface area contributed by atoms with Crippen LogP contribution in [-0.2, 0) is 6.42 Å². The fraction of sp³-hybridized carbons (Fsp3) is 0.571. The van der Waals surface area contributed by atoms with Crippen molar-refractivity contribution in [1.29, 1.82) is 0 Å². The molecular formula is C14H24O3. The van der Waals surface area contributed by atoms with E-state index in [4.69, 9.17) is 14.2 Å². The minimum atomic E-state index is 0.653. The molecule has 0 fully saturated rings. The maximum Gasteiger partial charge on any atom is 0.203 e. The van der Waals surface area contributed by atoms with Crippen molar-refractivity contribution in [2.24, 2.45) is 0 Å². The zero-order valence-corrected chi connectivity index (χ0v) is 11.8. The van der Waals surface area contributed by atoms with E-state index in [1.165, 1.54) is 5.56 Å². The molecule has 3 heteroatoms. The first kappa shape index (κ1) is 15.6. The average Bonchev–Trinajstić information content (AvgIpc) is 2.40. The van der Waals surface area contributed by atoms with Crippen LogP contribution in [0, 0.1) is 0 Å². The lowest BCUT2D eigenvalue weighted by Crippen LogP contribution is -1.96. The van der Waals surface area contributed by atoms with Crippen LogP contribution in [0.15, 0.2) is 12.1 Å². The van der Waals surface area contributed by atoms with E-state index in [1.54, 1.807) is 21.3 Å². The van der Waals surface area contributed by atoms with Gasteiger partial charge < -0.3 is 14.2 Å². The first-order valence-corrected chi connectivity index (χ1v) is 6.05. The van der Waals surface area contributed by atoms with Gasteiger partial charge in [0.25, 0.3) is 0 Å². The van der Waals surface area contributed by atoms with E-state index in [9.17, 15) is 0 Å². The number of methoxy groups -OCH3 is 3. The maximum atomic E-state index is 5.26. The second-order valence-electron chi connectivity index (χ2n) is 3.28. The summed E-state index contributed by atoms with van der Waals surface area (Å²) >= 11 is 0. The van der Waals surface area contributed by atoms with E-state index in [-0.39, 0.29) is 0 Å². The second kappa shape index (κ2) is 8.74. The molecule has 0 spiro atoms. The summed E-state index contributed by atoms with van der Waals surface area (Å²) in [7, 11) is 4.87. The van der Waals surface area contributed by atoms with Gasteiger partial charge in [-0.1, -0.05) is 27.2 Å². The lowest BCUT2D eigenvalue weighted by molar-refractivity contribution is 0.324. The number of ether oxygens (including phenoxy) is 3. The first-order chi connectivity index (χ1) is 8.26. The summed E-state index contributed by atoms with van der Waals surface area (Å²) in [6.45, 7) is 6.14. The average molecular weight is 240 g/mol. The smallest absolute Gasteiger partial charge is 0.203 e. The van der Waals surface area contributed by atoms with Gasteiger partial charge in [-0.15, -0.1) is 0 Å². The van der Waals surface area contributed by atoms with E-state index in [0.29, 0.717) is 5.75 Å². The standard InChI is InChI=1S/C12H18O3.C2H6/c1-5-6-9-7-10(13-2)12(15-4)11(8-9)14-3;1-2/h7-8H,5-6H2,1-4H3;1-2H3. The van der Waals surface area contributed by atoms with E-state index < -0.39 is 0 Å². The van der Waals surface area contributed by atoms with E-state index in [1.807, 2.05) is 26.0 Å². The molecule has 0 N–H and O–H groups in total. The maximum absolute atomic E-state index is 5.26. The molecule has 0 aromatic heterocycles. The molecule has 0 bridgehead atoms. The summed E-state index contributed by atoms with van der Waals surface area (Å²) in [6.07, 6.45) is 2.11. The molecule has 1 rings (SSSR count). The topological polar surface area (TPSA) is 27.7 Å². The Bertz CT molecular complexity index is 296. The Labute approximate surface area is 105 Å². The van der Waals surface area contributed by atoms with Gasteiger partial charge >= 0.3 is 0 Å². The quantitative estimate of drug-likeness (QED) is 0.785.